The molecule has 0 radical (unpaired) electrons. The number of halogens is 1. The van der Waals surface area contributed by atoms with Gasteiger partial charge in [-0.3, -0.25) is 4.79 Å². The highest BCUT2D eigenvalue weighted by molar-refractivity contribution is 5.77. The topological polar surface area (TPSA) is 23.6 Å². The van der Waals surface area contributed by atoms with Crippen LogP contribution in [0.2, 0.25) is 0 Å². The molecular formula is C18H25FN2O. The van der Waals surface area contributed by atoms with Gasteiger partial charge in [-0.15, -0.1) is 0 Å². The first-order valence-electron chi connectivity index (χ1n) is 8.39. The summed E-state index contributed by atoms with van der Waals surface area (Å²) in [7, 11) is 2.18. The molecule has 0 aliphatic carbocycles. The van der Waals surface area contributed by atoms with E-state index < -0.39 is 0 Å². The van der Waals surface area contributed by atoms with Crippen LogP contribution in [0.3, 0.4) is 0 Å². The third-order valence-electron chi connectivity index (χ3n) is 5.18. The summed E-state index contributed by atoms with van der Waals surface area (Å²) >= 11 is 0. The zero-order chi connectivity index (χ0) is 15.5. The molecule has 1 amide bonds. The maximum absolute atomic E-state index is 12.9. The SMILES string of the molecule is CN1CCC[C@@H]1[C@@H]1CCCN1C(=O)CCc1ccc(F)cc1. The van der Waals surface area contributed by atoms with Crippen LogP contribution in [0.4, 0.5) is 4.39 Å². The Balaban J connectivity index is 1.57. The van der Waals surface area contributed by atoms with E-state index >= 15 is 0 Å². The minimum absolute atomic E-state index is 0.223. The standard InChI is InChI=1S/C18H25FN2O/c1-20-12-2-4-16(20)17-5-3-13-21(17)18(22)11-8-14-6-9-15(19)10-7-14/h6-7,9-10,16-17H,2-5,8,11-13H2,1H3/t16-,17+/m1/s1. The van der Waals surface area contributed by atoms with Gasteiger partial charge in [-0.25, -0.2) is 4.39 Å². The number of nitrogens with zero attached hydrogens (tertiary/aromatic N) is 2. The molecule has 2 saturated heterocycles. The molecule has 1 aromatic rings. The van der Waals surface area contributed by atoms with Gasteiger partial charge in [-0.1, -0.05) is 12.1 Å². The van der Waals surface area contributed by atoms with Gasteiger partial charge >= 0.3 is 0 Å². The number of likely N-dealkylation sites (N-methyl/N-ethyl adjacent to an activating group) is 1. The second-order valence-electron chi connectivity index (χ2n) is 6.61. The Labute approximate surface area is 132 Å². The van der Waals surface area contributed by atoms with Crippen LogP contribution in [0, 0.1) is 5.82 Å². The average Bonchev–Trinajstić information content (AvgIpc) is 3.14. The van der Waals surface area contributed by atoms with Crippen molar-refractivity contribution in [3.05, 3.63) is 35.6 Å². The molecule has 0 N–H and O–H groups in total. The lowest BCUT2D eigenvalue weighted by atomic mass is 10.0. The molecule has 0 saturated carbocycles. The highest BCUT2D eigenvalue weighted by Gasteiger charge is 2.37. The van der Waals surface area contributed by atoms with E-state index in [0.29, 0.717) is 24.9 Å². The van der Waals surface area contributed by atoms with Gasteiger partial charge < -0.3 is 9.80 Å². The van der Waals surface area contributed by atoms with Gasteiger partial charge in [0, 0.05) is 25.0 Å². The summed E-state index contributed by atoms with van der Waals surface area (Å²) in [5, 5.41) is 0. The fraction of sp³-hybridized carbons (Fsp3) is 0.611. The lowest BCUT2D eigenvalue weighted by Gasteiger charge is -2.33. The monoisotopic (exact) mass is 304 g/mol. The Morgan fingerprint density at radius 2 is 1.82 bits per heavy atom. The third-order valence-corrected chi connectivity index (χ3v) is 5.18. The molecule has 2 aliphatic heterocycles. The van der Waals surface area contributed by atoms with E-state index in [0.717, 1.165) is 31.5 Å². The van der Waals surface area contributed by atoms with Crippen molar-refractivity contribution in [2.75, 3.05) is 20.1 Å². The molecule has 3 nitrogen and oxygen atoms in total. The number of benzene rings is 1. The van der Waals surface area contributed by atoms with Gasteiger partial charge in [-0.2, -0.15) is 0 Å². The number of amides is 1. The van der Waals surface area contributed by atoms with Crippen molar-refractivity contribution in [2.45, 2.75) is 50.6 Å². The Morgan fingerprint density at radius 3 is 2.50 bits per heavy atom. The van der Waals surface area contributed by atoms with E-state index in [1.54, 1.807) is 12.1 Å². The molecule has 4 heteroatoms. The number of rotatable bonds is 4. The quantitative estimate of drug-likeness (QED) is 0.854. The fourth-order valence-electron chi connectivity index (χ4n) is 3.97. The number of hydrogen-bond donors (Lipinski definition) is 0. The molecule has 2 atom stereocenters. The van der Waals surface area contributed by atoms with Gasteiger partial charge in [0.2, 0.25) is 5.91 Å². The molecule has 2 aliphatic rings. The van der Waals surface area contributed by atoms with Crippen molar-refractivity contribution in [1.82, 2.24) is 9.80 Å². The van der Waals surface area contributed by atoms with Gasteiger partial charge in [0.05, 0.1) is 0 Å². The molecule has 0 bridgehead atoms. The van der Waals surface area contributed by atoms with Crippen molar-refractivity contribution in [3.8, 4) is 0 Å². The summed E-state index contributed by atoms with van der Waals surface area (Å²) in [6.45, 7) is 2.05. The zero-order valence-corrected chi connectivity index (χ0v) is 13.3. The van der Waals surface area contributed by atoms with Crippen molar-refractivity contribution in [3.63, 3.8) is 0 Å². The largest absolute Gasteiger partial charge is 0.338 e. The maximum Gasteiger partial charge on any atom is 0.223 e. The van der Waals surface area contributed by atoms with Crippen molar-refractivity contribution in [1.29, 1.82) is 0 Å². The molecule has 120 valence electrons. The fourth-order valence-corrected chi connectivity index (χ4v) is 3.97. The zero-order valence-electron chi connectivity index (χ0n) is 13.3. The van der Waals surface area contributed by atoms with Crippen molar-refractivity contribution >= 4 is 5.91 Å². The van der Waals surface area contributed by atoms with Crippen LogP contribution < -0.4 is 0 Å². The first-order chi connectivity index (χ1) is 10.6. The van der Waals surface area contributed by atoms with Crippen LogP contribution in [-0.4, -0.2) is 47.9 Å². The lowest BCUT2D eigenvalue weighted by Crippen LogP contribution is -2.47. The van der Waals surface area contributed by atoms with E-state index in [-0.39, 0.29) is 11.7 Å². The van der Waals surface area contributed by atoms with Gasteiger partial charge in [0.25, 0.3) is 0 Å². The first-order valence-corrected chi connectivity index (χ1v) is 8.39. The second kappa shape index (κ2) is 6.78. The lowest BCUT2D eigenvalue weighted by molar-refractivity contribution is -0.132. The molecule has 22 heavy (non-hydrogen) atoms. The summed E-state index contributed by atoms with van der Waals surface area (Å²) in [6.07, 6.45) is 5.94. The van der Waals surface area contributed by atoms with Crippen LogP contribution in [0.1, 0.15) is 37.7 Å². The predicted molar refractivity (Wildman–Crippen MR) is 85.1 cm³/mol. The van der Waals surface area contributed by atoms with Crippen LogP contribution in [-0.2, 0) is 11.2 Å². The Bertz CT molecular complexity index is 516. The van der Waals surface area contributed by atoms with Gasteiger partial charge in [0.15, 0.2) is 0 Å². The second-order valence-corrected chi connectivity index (χ2v) is 6.61. The van der Waals surface area contributed by atoms with Crippen LogP contribution in [0.15, 0.2) is 24.3 Å². The Hall–Kier alpha value is -1.42. The average molecular weight is 304 g/mol. The summed E-state index contributed by atoms with van der Waals surface area (Å²) in [5.74, 6) is 0.0334. The summed E-state index contributed by atoms with van der Waals surface area (Å²) in [5.41, 5.74) is 1.03. The molecule has 2 fully saturated rings. The first kappa shape index (κ1) is 15.5. The molecule has 0 unspecified atom stereocenters. The molecule has 2 heterocycles. The third kappa shape index (κ3) is 3.32. The molecular weight excluding hydrogens is 279 g/mol. The number of likely N-dealkylation sites (tertiary alicyclic amines) is 2. The van der Waals surface area contributed by atoms with Gasteiger partial charge in [0.1, 0.15) is 5.82 Å². The van der Waals surface area contributed by atoms with Crippen molar-refractivity contribution in [2.24, 2.45) is 0 Å². The van der Waals surface area contributed by atoms with Crippen LogP contribution in [0.25, 0.3) is 0 Å². The Morgan fingerprint density at radius 1 is 1.14 bits per heavy atom. The number of hydrogen-bond acceptors (Lipinski definition) is 2. The summed E-state index contributed by atoms with van der Waals surface area (Å²) in [4.78, 5) is 17.1. The molecule has 0 spiro atoms. The summed E-state index contributed by atoms with van der Waals surface area (Å²) < 4.78 is 12.9. The van der Waals surface area contributed by atoms with E-state index in [1.165, 1.54) is 25.0 Å². The number of carbonyl (C=O) groups is 1. The van der Waals surface area contributed by atoms with E-state index in [4.69, 9.17) is 0 Å². The van der Waals surface area contributed by atoms with Crippen LogP contribution >= 0.6 is 0 Å². The molecule has 1 aromatic carbocycles. The van der Waals surface area contributed by atoms with Crippen molar-refractivity contribution < 1.29 is 9.18 Å². The molecule has 0 aromatic heterocycles. The molecule has 3 rings (SSSR count). The number of aryl methyl sites for hydroxylation is 1. The summed E-state index contributed by atoms with van der Waals surface area (Å²) in [6, 6.07) is 7.41. The minimum atomic E-state index is -0.223. The normalized spacial score (nSPS) is 25.8. The van der Waals surface area contributed by atoms with E-state index in [9.17, 15) is 9.18 Å². The highest BCUT2D eigenvalue weighted by atomic mass is 19.1. The minimum Gasteiger partial charge on any atom is -0.338 e. The number of carbonyl (C=O) groups excluding carboxylic acids is 1. The van der Waals surface area contributed by atoms with E-state index in [1.807, 2.05) is 0 Å². The maximum atomic E-state index is 12.9. The smallest absolute Gasteiger partial charge is 0.223 e. The highest BCUT2D eigenvalue weighted by Crippen LogP contribution is 2.29. The van der Waals surface area contributed by atoms with Crippen LogP contribution in [0.5, 0.6) is 0 Å². The Kier molecular flexibility index (Phi) is 4.77. The van der Waals surface area contributed by atoms with Gasteiger partial charge in [-0.05, 0) is 63.4 Å². The van der Waals surface area contributed by atoms with E-state index in [2.05, 4.69) is 16.8 Å². The predicted octanol–water partition coefficient (Wildman–Crippen LogP) is 2.84.